The van der Waals surface area contributed by atoms with E-state index in [1.54, 1.807) is 20.8 Å². The Balaban J connectivity index is 3.81. The number of carbonyl (C=O) groups is 1. The number of hydrogen-bond acceptors (Lipinski definition) is 3. The summed E-state index contributed by atoms with van der Waals surface area (Å²) in [6, 6.07) is 0. The molecule has 0 aromatic rings. The van der Waals surface area contributed by atoms with Crippen LogP contribution in [0, 0.1) is 0 Å². The molecule has 0 saturated heterocycles. The lowest BCUT2D eigenvalue weighted by molar-refractivity contribution is 0.0529. The second-order valence-corrected chi connectivity index (χ2v) is 3.69. The van der Waals surface area contributed by atoms with E-state index in [0.29, 0.717) is 0 Å². The molecule has 0 unspecified atom stereocenters. The number of alkyl carbamates (subject to hydrolysis) is 1. The lowest BCUT2D eigenvalue weighted by atomic mass is 10.2. The fourth-order valence-corrected chi connectivity index (χ4v) is 0.642. The molecular formula is C9H16FNO3. The molecule has 0 rings (SSSR count). The summed E-state index contributed by atoms with van der Waals surface area (Å²) in [7, 11) is 0. The minimum absolute atomic E-state index is 0.268. The van der Waals surface area contributed by atoms with Crippen molar-refractivity contribution in [1.29, 1.82) is 0 Å². The van der Waals surface area contributed by atoms with Crippen LogP contribution in [0.15, 0.2) is 11.9 Å². The average Bonchev–Trinajstić information content (AvgIpc) is 1.98. The summed E-state index contributed by atoms with van der Waals surface area (Å²) in [5, 5.41) is 10.5. The summed E-state index contributed by atoms with van der Waals surface area (Å²) in [6.07, 6.45) is 0.288. The fraction of sp³-hybridized carbons (Fsp3) is 0.667. The lowest BCUT2D eigenvalue weighted by Gasteiger charge is -2.19. The Morgan fingerprint density at radius 3 is 2.57 bits per heavy atom. The zero-order valence-corrected chi connectivity index (χ0v) is 8.63. The van der Waals surface area contributed by atoms with Gasteiger partial charge in [0.1, 0.15) is 11.4 Å². The maximum Gasteiger partial charge on any atom is 0.408 e. The Hall–Kier alpha value is -1.10. The Labute approximate surface area is 82.8 Å². The van der Waals surface area contributed by atoms with E-state index >= 15 is 0 Å². The second-order valence-electron chi connectivity index (χ2n) is 3.69. The van der Waals surface area contributed by atoms with Crippen LogP contribution in [0.3, 0.4) is 0 Å². The molecule has 0 aromatic carbocycles. The zero-order valence-electron chi connectivity index (χ0n) is 8.63. The van der Waals surface area contributed by atoms with E-state index in [1.165, 1.54) is 0 Å². The molecule has 0 radical (unpaired) electrons. The van der Waals surface area contributed by atoms with E-state index in [1.807, 2.05) is 0 Å². The highest BCUT2D eigenvalue weighted by atomic mass is 19.1. The van der Waals surface area contributed by atoms with Crippen molar-refractivity contribution in [3.8, 4) is 0 Å². The van der Waals surface area contributed by atoms with Crippen LogP contribution in [0.5, 0.6) is 0 Å². The number of rotatable bonds is 3. The third kappa shape index (κ3) is 7.54. The Morgan fingerprint density at radius 2 is 2.14 bits per heavy atom. The van der Waals surface area contributed by atoms with Gasteiger partial charge in [0.05, 0.1) is 13.2 Å². The SMILES string of the molecule is CC(C)(C)OC(=O)NCC(F)=CCO. The standard InChI is InChI=1S/C9H16FNO3/c1-9(2,3)14-8(13)11-6-7(10)4-5-12/h4,12H,5-6H2,1-3H3,(H,11,13). The van der Waals surface area contributed by atoms with Crippen molar-refractivity contribution in [2.75, 3.05) is 13.2 Å². The van der Waals surface area contributed by atoms with Crippen LogP contribution in [0.2, 0.25) is 0 Å². The number of halogens is 1. The van der Waals surface area contributed by atoms with Crippen LogP contribution in [-0.4, -0.2) is 30.0 Å². The van der Waals surface area contributed by atoms with Gasteiger partial charge in [0.15, 0.2) is 0 Å². The highest BCUT2D eigenvalue weighted by molar-refractivity contribution is 5.67. The molecule has 0 bridgehead atoms. The molecule has 0 aliphatic rings. The highest BCUT2D eigenvalue weighted by Crippen LogP contribution is 2.06. The summed E-state index contributed by atoms with van der Waals surface area (Å²) in [4.78, 5) is 11.0. The van der Waals surface area contributed by atoms with Gasteiger partial charge in [-0.1, -0.05) is 0 Å². The van der Waals surface area contributed by atoms with Crippen LogP contribution in [-0.2, 0) is 4.74 Å². The molecule has 0 aromatic heterocycles. The van der Waals surface area contributed by atoms with E-state index in [2.05, 4.69) is 5.32 Å². The van der Waals surface area contributed by atoms with Gasteiger partial charge in [0.2, 0.25) is 0 Å². The zero-order chi connectivity index (χ0) is 11.2. The Kier molecular flexibility index (Phi) is 5.15. The maximum atomic E-state index is 12.6. The van der Waals surface area contributed by atoms with Gasteiger partial charge in [-0.2, -0.15) is 0 Å². The van der Waals surface area contributed by atoms with Crippen molar-refractivity contribution < 1.29 is 19.0 Å². The average molecular weight is 205 g/mol. The van der Waals surface area contributed by atoms with E-state index in [0.717, 1.165) is 6.08 Å². The van der Waals surface area contributed by atoms with Gasteiger partial charge in [-0.3, -0.25) is 0 Å². The molecule has 14 heavy (non-hydrogen) atoms. The second kappa shape index (κ2) is 5.59. The quantitative estimate of drug-likeness (QED) is 0.731. The largest absolute Gasteiger partial charge is 0.444 e. The molecule has 0 heterocycles. The van der Waals surface area contributed by atoms with E-state index < -0.39 is 17.5 Å². The smallest absolute Gasteiger partial charge is 0.408 e. The molecule has 0 aliphatic heterocycles. The van der Waals surface area contributed by atoms with Crippen molar-refractivity contribution >= 4 is 6.09 Å². The molecule has 0 spiro atoms. The van der Waals surface area contributed by atoms with Gasteiger partial charge in [-0.15, -0.1) is 0 Å². The molecule has 5 heteroatoms. The third-order valence-electron chi connectivity index (χ3n) is 1.11. The number of amides is 1. The highest BCUT2D eigenvalue weighted by Gasteiger charge is 2.15. The Bertz CT molecular complexity index is 221. The summed E-state index contributed by atoms with van der Waals surface area (Å²) in [5.74, 6) is -0.599. The fourth-order valence-electron chi connectivity index (χ4n) is 0.642. The van der Waals surface area contributed by atoms with Gasteiger partial charge in [-0.05, 0) is 26.8 Å². The molecular weight excluding hydrogens is 189 g/mol. The lowest BCUT2D eigenvalue weighted by Crippen LogP contribution is -2.33. The van der Waals surface area contributed by atoms with Crippen molar-refractivity contribution in [3.63, 3.8) is 0 Å². The van der Waals surface area contributed by atoms with Crippen LogP contribution in [0.4, 0.5) is 9.18 Å². The summed E-state index contributed by atoms with van der Waals surface area (Å²) in [6.45, 7) is 4.49. The molecule has 4 nitrogen and oxygen atoms in total. The number of hydrogen-bond donors (Lipinski definition) is 2. The molecule has 0 atom stereocenters. The number of carbonyl (C=O) groups excluding carboxylic acids is 1. The first-order valence-corrected chi connectivity index (χ1v) is 4.27. The third-order valence-corrected chi connectivity index (χ3v) is 1.11. The maximum absolute atomic E-state index is 12.6. The number of aliphatic hydroxyl groups excluding tert-OH is 1. The van der Waals surface area contributed by atoms with Crippen molar-refractivity contribution in [2.45, 2.75) is 26.4 Å². The first kappa shape index (κ1) is 12.9. The van der Waals surface area contributed by atoms with Crippen molar-refractivity contribution in [1.82, 2.24) is 5.32 Å². The number of ether oxygens (including phenoxy) is 1. The van der Waals surface area contributed by atoms with Crippen LogP contribution in [0.1, 0.15) is 20.8 Å². The van der Waals surface area contributed by atoms with Gasteiger partial charge >= 0.3 is 6.09 Å². The molecule has 1 amide bonds. The summed E-state index contributed by atoms with van der Waals surface area (Å²) < 4.78 is 17.5. The monoisotopic (exact) mass is 205 g/mol. The van der Waals surface area contributed by atoms with Crippen LogP contribution < -0.4 is 5.32 Å². The predicted octanol–water partition coefficient (Wildman–Crippen LogP) is 1.36. The van der Waals surface area contributed by atoms with Crippen LogP contribution in [0.25, 0.3) is 0 Å². The first-order valence-electron chi connectivity index (χ1n) is 4.27. The van der Waals surface area contributed by atoms with Gasteiger partial charge < -0.3 is 15.2 Å². The normalized spacial score (nSPS) is 12.5. The molecule has 0 aliphatic carbocycles. The van der Waals surface area contributed by atoms with E-state index in [4.69, 9.17) is 9.84 Å². The van der Waals surface area contributed by atoms with Gasteiger partial charge in [-0.25, -0.2) is 9.18 Å². The Morgan fingerprint density at radius 1 is 1.57 bits per heavy atom. The van der Waals surface area contributed by atoms with Gasteiger partial charge in [0, 0.05) is 0 Å². The van der Waals surface area contributed by atoms with Crippen molar-refractivity contribution in [3.05, 3.63) is 11.9 Å². The molecule has 0 fully saturated rings. The number of nitrogens with one attached hydrogen (secondary N) is 1. The van der Waals surface area contributed by atoms with Crippen molar-refractivity contribution in [2.24, 2.45) is 0 Å². The first-order chi connectivity index (χ1) is 6.35. The number of aliphatic hydroxyl groups is 1. The summed E-state index contributed by atoms with van der Waals surface area (Å²) in [5.41, 5.74) is -0.596. The minimum Gasteiger partial charge on any atom is -0.444 e. The van der Waals surface area contributed by atoms with E-state index in [9.17, 15) is 9.18 Å². The molecule has 2 N–H and O–H groups in total. The van der Waals surface area contributed by atoms with Crippen LogP contribution >= 0.6 is 0 Å². The minimum atomic E-state index is -0.681. The van der Waals surface area contributed by atoms with E-state index in [-0.39, 0.29) is 13.2 Å². The summed E-state index contributed by atoms with van der Waals surface area (Å²) >= 11 is 0. The topological polar surface area (TPSA) is 58.6 Å². The molecule has 82 valence electrons. The van der Waals surface area contributed by atoms with Gasteiger partial charge in [0.25, 0.3) is 0 Å². The predicted molar refractivity (Wildman–Crippen MR) is 50.5 cm³/mol. The molecule has 0 saturated carbocycles.